The smallest absolute Gasteiger partial charge is 0.408 e. The van der Waals surface area contributed by atoms with E-state index >= 15 is 0 Å². The van der Waals surface area contributed by atoms with Gasteiger partial charge >= 0.3 is 12.1 Å². The van der Waals surface area contributed by atoms with E-state index in [9.17, 15) is 18.8 Å². The minimum atomic E-state index is -1.27. The van der Waals surface area contributed by atoms with E-state index in [1.807, 2.05) is 19.1 Å². The van der Waals surface area contributed by atoms with Crippen molar-refractivity contribution in [3.63, 3.8) is 0 Å². The third-order valence-corrected chi connectivity index (χ3v) is 6.07. The molecule has 0 aliphatic carbocycles. The van der Waals surface area contributed by atoms with Crippen molar-refractivity contribution in [3.05, 3.63) is 113 Å². The standard InChI is InChI=1S/C31H30FN3O6/c1-2-9-28-26(17-34-41-28)23-14-24(16-25(32)15-23)29(36)33-18-27(30(37)39-19-21-10-5-3-6-11-21)35-31(38)40-20-22-12-7-4-8-13-22/h3-8,10-17,27H,2,9,18-20H2,1H3,(H,33,36)(H,35,38)/t27-/m1/s1. The number of hydrogen-bond acceptors (Lipinski definition) is 7. The molecular weight excluding hydrogens is 529 g/mol. The van der Waals surface area contributed by atoms with Crippen LogP contribution < -0.4 is 10.6 Å². The lowest BCUT2D eigenvalue weighted by molar-refractivity contribution is -0.147. The summed E-state index contributed by atoms with van der Waals surface area (Å²) in [7, 11) is 0. The molecule has 0 fully saturated rings. The minimum absolute atomic E-state index is 0.0141. The Labute approximate surface area is 236 Å². The Morgan fingerprint density at radius 3 is 2.24 bits per heavy atom. The van der Waals surface area contributed by atoms with Crippen LogP contribution in [0.5, 0.6) is 0 Å². The number of ether oxygens (including phenoxy) is 2. The Hall–Kier alpha value is -4.99. The number of hydrogen-bond donors (Lipinski definition) is 2. The van der Waals surface area contributed by atoms with Gasteiger partial charge in [0.2, 0.25) is 0 Å². The van der Waals surface area contributed by atoms with Crippen LogP contribution in [0.1, 0.15) is 40.6 Å². The molecule has 2 amide bonds. The van der Waals surface area contributed by atoms with Gasteiger partial charge in [0.25, 0.3) is 5.91 Å². The van der Waals surface area contributed by atoms with Crippen LogP contribution in [-0.2, 0) is 33.9 Å². The van der Waals surface area contributed by atoms with Crippen LogP contribution in [0.3, 0.4) is 0 Å². The number of amides is 2. The Morgan fingerprint density at radius 2 is 1.59 bits per heavy atom. The van der Waals surface area contributed by atoms with Crippen molar-refractivity contribution in [1.82, 2.24) is 15.8 Å². The highest BCUT2D eigenvalue weighted by Gasteiger charge is 2.25. The van der Waals surface area contributed by atoms with Gasteiger partial charge in [0.1, 0.15) is 30.8 Å². The van der Waals surface area contributed by atoms with Crippen LogP contribution >= 0.6 is 0 Å². The summed E-state index contributed by atoms with van der Waals surface area (Å²) in [4.78, 5) is 38.4. The molecule has 9 nitrogen and oxygen atoms in total. The number of nitrogens with one attached hydrogen (secondary N) is 2. The lowest BCUT2D eigenvalue weighted by atomic mass is 10.0. The number of carbonyl (C=O) groups excluding carboxylic acids is 3. The lowest BCUT2D eigenvalue weighted by Gasteiger charge is -2.18. The van der Waals surface area contributed by atoms with Crippen molar-refractivity contribution in [2.75, 3.05) is 6.54 Å². The summed E-state index contributed by atoms with van der Waals surface area (Å²) in [6.07, 6.45) is 2.01. The molecule has 4 rings (SSSR count). The average Bonchev–Trinajstić information content (AvgIpc) is 3.46. The van der Waals surface area contributed by atoms with Gasteiger partial charge in [-0.25, -0.2) is 14.0 Å². The zero-order valence-electron chi connectivity index (χ0n) is 22.5. The van der Waals surface area contributed by atoms with Gasteiger partial charge in [0.05, 0.1) is 6.20 Å². The highest BCUT2D eigenvalue weighted by Crippen LogP contribution is 2.26. The molecule has 212 valence electrons. The number of nitrogens with zero attached hydrogens (tertiary/aromatic N) is 1. The number of aryl methyl sites for hydroxylation is 1. The monoisotopic (exact) mass is 559 g/mol. The maximum atomic E-state index is 14.5. The van der Waals surface area contributed by atoms with E-state index < -0.39 is 29.8 Å². The lowest BCUT2D eigenvalue weighted by Crippen LogP contribution is -2.49. The topological polar surface area (TPSA) is 120 Å². The van der Waals surface area contributed by atoms with Gasteiger partial charge in [-0.1, -0.05) is 72.7 Å². The van der Waals surface area contributed by atoms with Crippen molar-refractivity contribution < 1.29 is 32.8 Å². The molecule has 0 radical (unpaired) electrons. The van der Waals surface area contributed by atoms with Gasteiger partial charge in [0.15, 0.2) is 0 Å². The van der Waals surface area contributed by atoms with Gasteiger partial charge in [-0.15, -0.1) is 0 Å². The number of aromatic nitrogens is 1. The van der Waals surface area contributed by atoms with Crippen LogP contribution in [0, 0.1) is 5.82 Å². The molecule has 3 aromatic carbocycles. The van der Waals surface area contributed by atoms with E-state index in [0.29, 0.717) is 23.3 Å². The Balaban J connectivity index is 1.44. The second-order valence-electron chi connectivity index (χ2n) is 9.20. The molecule has 2 N–H and O–H groups in total. The molecule has 0 aliphatic rings. The Kier molecular flexibility index (Phi) is 10.2. The number of rotatable bonds is 12. The Bertz CT molecular complexity index is 1460. The number of alkyl carbamates (subject to hydrolysis) is 1. The number of halogens is 1. The van der Waals surface area contributed by atoms with Gasteiger partial charge in [-0.2, -0.15) is 0 Å². The van der Waals surface area contributed by atoms with Gasteiger partial charge < -0.3 is 24.6 Å². The molecule has 1 atom stereocenters. The first-order valence-electron chi connectivity index (χ1n) is 13.1. The van der Waals surface area contributed by atoms with Crippen LogP contribution in [0.15, 0.2) is 89.6 Å². The SMILES string of the molecule is CCCc1oncc1-c1cc(F)cc(C(=O)NC[C@@H](NC(=O)OCc2ccccc2)C(=O)OCc2ccccc2)c1. The first-order valence-corrected chi connectivity index (χ1v) is 13.1. The quantitative estimate of drug-likeness (QED) is 0.229. The van der Waals surface area contributed by atoms with Crippen LogP contribution in [0.25, 0.3) is 11.1 Å². The van der Waals surface area contributed by atoms with E-state index in [1.54, 1.807) is 48.5 Å². The predicted molar refractivity (Wildman–Crippen MR) is 148 cm³/mol. The van der Waals surface area contributed by atoms with E-state index in [0.717, 1.165) is 23.6 Å². The molecule has 0 bridgehead atoms. The van der Waals surface area contributed by atoms with Gasteiger partial charge in [0, 0.05) is 24.1 Å². The van der Waals surface area contributed by atoms with Crippen molar-refractivity contribution in [1.29, 1.82) is 0 Å². The fourth-order valence-electron chi connectivity index (χ4n) is 4.01. The van der Waals surface area contributed by atoms with Crippen molar-refractivity contribution in [2.45, 2.75) is 39.0 Å². The summed E-state index contributed by atoms with van der Waals surface area (Å²) in [5.41, 5.74) is 2.55. The number of esters is 1. The van der Waals surface area contributed by atoms with Crippen molar-refractivity contribution >= 4 is 18.0 Å². The summed E-state index contributed by atoms with van der Waals surface area (Å²) < 4.78 is 30.4. The normalized spacial score (nSPS) is 11.4. The molecule has 1 heterocycles. The highest BCUT2D eigenvalue weighted by molar-refractivity contribution is 5.96. The molecule has 41 heavy (non-hydrogen) atoms. The van der Waals surface area contributed by atoms with Gasteiger partial charge in [-0.3, -0.25) is 4.79 Å². The van der Waals surface area contributed by atoms with Crippen LogP contribution in [0.2, 0.25) is 0 Å². The maximum Gasteiger partial charge on any atom is 0.408 e. The second-order valence-corrected chi connectivity index (χ2v) is 9.20. The average molecular weight is 560 g/mol. The highest BCUT2D eigenvalue weighted by atomic mass is 19.1. The maximum absolute atomic E-state index is 14.5. The Morgan fingerprint density at radius 1 is 0.927 bits per heavy atom. The molecular formula is C31H30FN3O6. The predicted octanol–water partition coefficient (Wildman–Crippen LogP) is 5.20. The van der Waals surface area contributed by atoms with Crippen molar-refractivity contribution in [3.8, 4) is 11.1 Å². The molecule has 0 saturated carbocycles. The fourth-order valence-corrected chi connectivity index (χ4v) is 4.01. The summed E-state index contributed by atoms with van der Waals surface area (Å²) in [5, 5.41) is 8.83. The first kappa shape index (κ1) is 29.0. The van der Waals surface area contributed by atoms with E-state index in [2.05, 4.69) is 15.8 Å². The molecule has 0 spiro atoms. The van der Waals surface area contributed by atoms with Crippen LogP contribution in [0.4, 0.5) is 9.18 Å². The fraction of sp³-hybridized carbons (Fsp3) is 0.226. The third-order valence-electron chi connectivity index (χ3n) is 6.07. The number of benzene rings is 3. The third kappa shape index (κ3) is 8.50. The van der Waals surface area contributed by atoms with Crippen molar-refractivity contribution in [2.24, 2.45) is 0 Å². The largest absolute Gasteiger partial charge is 0.459 e. The molecule has 4 aromatic rings. The summed E-state index contributed by atoms with van der Waals surface area (Å²) >= 11 is 0. The molecule has 0 unspecified atom stereocenters. The second kappa shape index (κ2) is 14.4. The summed E-state index contributed by atoms with van der Waals surface area (Å²) in [5.74, 6) is -1.47. The van der Waals surface area contributed by atoms with E-state index in [1.165, 1.54) is 18.3 Å². The molecule has 1 aromatic heterocycles. The zero-order chi connectivity index (χ0) is 29.0. The van der Waals surface area contributed by atoms with Crippen LogP contribution in [-0.4, -0.2) is 35.7 Å². The molecule has 0 saturated heterocycles. The zero-order valence-corrected chi connectivity index (χ0v) is 22.5. The van der Waals surface area contributed by atoms with Gasteiger partial charge in [-0.05, 0) is 41.3 Å². The molecule has 10 heteroatoms. The minimum Gasteiger partial charge on any atom is -0.459 e. The molecule has 0 aliphatic heterocycles. The number of carbonyl (C=O) groups is 3. The first-order chi connectivity index (χ1) is 19.9. The summed E-state index contributed by atoms with van der Waals surface area (Å²) in [6.45, 7) is 1.60. The van der Waals surface area contributed by atoms with E-state index in [-0.39, 0.29) is 25.3 Å². The van der Waals surface area contributed by atoms with E-state index in [4.69, 9.17) is 14.0 Å². The summed E-state index contributed by atoms with van der Waals surface area (Å²) in [6, 6.07) is 20.6.